The van der Waals surface area contributed by atoms with Crippen molar-refractivity contribution in [3.05, 3.63) is 93.7 Å². The summed E-state index contributed by atoms with van der Waals surface area (Å²) < 4.78 is 36.8. The van der Waals surface area contributed by atoms with Crippen molar-refractivity contribution >= 4 is 33.4 Å². The molecule has 1 fully saturated rings. The van der Waals surface area contributed by atoms with E-state index >= 15 is 0 Å². The Labute approximate surface area is 258 Å². The number of rotatable bonds is 13. The average Bonchev–Trinajstić information content (AvgIpc) is 3.84. The number of primary amides is 1. The molecular weight excluding hydrogens is 619 g/mol. The molecule has 1 aliphatic carbocycles. The Morgan fingerprint density at radius 2 is 1.77 bits per heavy atom. The highest BCUT2D eigenvalue weighted by atomic mass is 79.9. The SMILES string of the molecule is COc1ccc(OC(C(N)=O)N2CCC(c3ccc(CCCOc4cc(F)ccc4Br)cc3)=C(C(=O)OC3CC3)C2)cc1. The molecule has 0 saturated heterocycles. The van der Waals surface area contributed by atoms with Crippen LogP contribution in [0.1, 0.15) is 36.8 Å². The van der Waals surface area contributed by atoms with Crippen LogP contribution in [0.2, 0.25) is 0 Å². The van der Waals surface area contributed by atoms with Gasteiger partial charge in [-0.3, -0.25) is 9.69 Å². The van der Waals surface area contributed by atoms with E-state index in [-0.39, 0.29) is 24.4 Å². The second-order valence-corrected chi connectivity index (χ2v) is 11.4. The van der Waals surface area contributed by atoms with Crippen LogP contribution < -0.4 is 19.9 Å². The minimum absolute atomic E-state index is 0.0586. The van der Waals surface area contributed by atoms with Crippen molar-refractivity contribution < 1.29 is 32.9 Å². The maximum absolute atomic E-state index is 13.5. The van der Waals surface area contributed by atoms with Crippen LogP contribution in [0.3, 0.4) is 0 Å². The normalized spacial score (nSPS) is 16.0. The van der Waals surface area contributed by atoms with Gasteiger partial charge in [-0.05, 0) is 101 Å². The molecule has 1 unspecified atom stereocenters. The quantitative estimate of drug-likeness (QED) is 0.188. The maximum Gasteiger partial charge on any atom is 0.335 e. The molecule has 0 bridgehead atoms. The minimum Gasteiger partial charge on any atom is -0.497 e. The smallest absolute Gasteiger partial charge is 0.335 e. The van der Waals surface area contributed by atoms with Crippen LogP contribution in [0.25, 0.3) is 5.57 Å². The van der Waals surface area contributed by atoms with E-state index in [1.165, 1.54) is 12.1 Å². The number of carbonyl (C=O) groups is 2. The maximum atomic E-state index is 13.5. The second-order valence-electron chi connectivity index (χ2n) is 10.6. The lowest BCUT2D eigenvalue weighted by molar-refractivity contribution is -0.142. The molecule has 3 aromatic carbocycles. The van der Waals surface area contributed by atoms with Crippen LogP contribution in [-0.2, 0) is 20.7 Å². The zero-order chi connectivity index (χ0) is 30.3. The summed E-state index contributed by atoms with van der Waals surface area (Å²) in [4.78, 5) is 27.5. The lowest BCUT2D eigenvalue weighted by Gasteiger charge is -2.34. The molecule has 2 N–H and O–H groups in total. The molecule has 0 aromatic heterocycles. The molecule has 1 atom stereocenters. The number of esters is 1. The molecule has 8 nitrogen and oxygen atoms in total. The van der Waals surface area contributed by atoms with Gasteiger partial charge < -0.3 is 24.7 Å². The summed E-state index contributed by atoms with van der Waals surface area (Å²) in [7, 11) is 1.57. The van der Waals surface area contributed by atoms with Crippen LogP contribution in [0, 0.1) is 5.82 Å². The number of nitrogens with two attached hydrogens (primary N) is 1. The summed E-state index contributed by atoms with van der Waals surface area (Å²) in [5.74, 6) is 0.240. The van der Waals surface area contributed by atoms with Gasteiger partial charge in [-0.2, -0.15) is 0 Å². The van der Waals surface area contributed by atoms with Crippen molar-refractivity contribution in [3.8, 4) is 17.2 Å². The standard InChI is InChI=1S/C33H34BrFN2O6/c1-40-24-9-11-25(12-10-24)42-32(31(36)38)37-17-16-27(28(20-37)33(39)43-26-13-14-26)22-6-4-21(5-7-22)3-2-18-41-30-19-23(35)8-15-29(30)34/h4-12,15,19,26,32H,2-3,13-14,16-18,20H2,1H3,(H2,36,38). The number of nitrogens with zero attached hydrogens (tertiary/aromatic N) is 1. The van der Waals surface area contributed by atoms with E-state index in [4.69, 9.17) is 24.7 Å². The lowest BCUT2D eigenvalue weighted by atomic mass is 9.92. The molecular formula is C33H34BrFN2O6. The Balaban J connectivity index is 1.27. The molecule has 2 aliphatic rings. The first-order valence-electron chi connectivity index (χ1n) is 14.2. The molecule has 10 heteroatoms. The van der Waals surface area contributed by atoms with Crippen molar-refractivity contribution in [3.63, 3.8) is 0 Å². The Bertz CT molecular complexity index is 1470. The van der Waals surface area contributed by atoms with Crippen LogP contribution >= 0.6 is 15.9 Å². The van der Waals surface area contributed by atoms with E-state index in [9.17, 15) is 14.0 Å². The largest absolute Gasteiger partial charge is 0.497 e. The molecule has 1 heterocycles. The Kier molecular flexibility index (Phi) is 9.99. The fraction of sp³-hybridized carbons (Fsp3) is 0.333. The number of amides is 1. The van der Waals surface area contributed by atoms with E-state index in [0.29, 0.717) is 46.9 Å². The number of hydrogen-bond acceptors (Lipinski definition) is 7. The van der Waals surface area contributed by atoms with Crippen LogP contribution in [-0.4, -0.2) is 55.9 Å². The van der Waals surface area contributed by atoms with Gasteiger partial charge in [0.25, 0.3) is 5.91 Å². The van der Waals surface area contributed by atoms with E-state index < -0.39 is 12.1 Å². The highest BCUT2D eigenvalue weighted by Gasteiger charge is 2.35. The van der Waals surface area contributed by atoms with Gasteiger partial charge in [-0.15, -0.1) is 0 Å². The molecule has 0 radical (unpaired) electrons. The third kappa shape index (κ3) is 8.14. The molecule has 43 heavy (non-hydrogen) atoms. The first-order chi connectivity index (χ1) is 20.8. The molecule has 3 aromatic rings. The van der Waals surface area contributed by atoms with Crippen LogP contribution in [0.5, 0.6) is 17.2 Å². The van der Waals surface area contributed by atoms with E-state index in [1.54, 1.807) is 42.3 Å². The fourth-order valence-corrected chi connectivity index (χ4v) is 5.27. The van der Waals surface area contributed by atoms with Gasteiger partial charge in [-0.25, -0.2) is 9.18 Å². The summed E-state index contributed by atoms with van der Waals surface area (Å²) in [6.45, 7) is 1.08. The highest BCUT2D eigenvalue weighted by Crippen LogP contribution is 2.33. The van der Waals surface area contributed by atoms with E-state index in [1.807, 2.05) is 24.3 Å². The minimum atomic E-state index is -1.06. The van der Waals surface area contributed by atoms with Crippen molar-refractivity contribution in [2.45, 2.75) is 44.4 Å². The number of halogens is 2. The number of hydrogen-bond donors (Lipinski definition) is 1. The Hall–Kier alpha value is -3.89. The Morgan fingerprint density at radius 1 is 1.05 bits per heavy atom. The van der Waals surface area contributed by atoms with Gasteiger partial charge in [0.1, 0.15) is 29.2 Å². The van der Waals surface area contributed by atoms with Crippen LogP contribution in [0.15, 0.2) is 76.8 Å². The van der Waals surface area contributed by atoms with Crippen molar-refractivity contribution in [2.24, 2.45) is 5.73 Å². The van der Waals surface area contributed by atoms with E-state index in [2.05, 4.69) is 15.9 Å². The number of carbonyl (C=O) groups excluding carboxylic acids is 2. The molecule has 0 spiro atoms. The van der Waals surface area contributed by atoms with Gasteiger partial charge in [0.15, 0.2) is 0 Å². The third-order valence-electron chi connectivity index (χ3n) is 7.36. The average molecular weight is 654 g/mol. The van der Waals surface area contributed by atoms with Gasteiger partial charge in [0, 0.05) is 19.2 Å². The molecule has 5 rings (SSSR count). The van der Waals surface area contributed by atoms with Crippen LogP contribution in [0.4, 0.5) is 4.39 Å². The summed E-state index contributed by atoms with van der Waals surface area (Å²) in [6.07, 6.45) is 2.64. The first-order valence-corrected chi connectivity index (χ1v) is 15.0. The van der Waals surface area contributed by atoms with Gasteiger partial charge in [-0.1, -0.05) is 24.3 Å². The van der Waals surface area contributed by atoms with Crippen molar-refractivity contribution in [1.82, 2.24) is 4.90 Å². The molecule has 1 aliphatic heterocycles. The summed E-state index contributed by atoms with van der Waals surface area (Å²) in [5, 5.41) is 0. The predicted molar refractivity (Wildman–Crippen MR) is 163 cm³/mol. The van der Waals surface area contributed by atoms with Gasteiger partial charge >= 0.3 is 5.97 Å². The molecule has 226 valence electrons. The number of methoxy groups -OCH3 is 1. The zero-order valence-electron chi connectivity index (χ0n) is 23.9. The summed E-state index contributed by atoms with van der Waals surface area (Å²) in [6, 6.07) is 19.3. The first kappa shape index (κ1) is 30.6. The van der Waals surface area contributed by atoms with E-state index in [0.717, 1.165) is 42.4 Å². The third-order valence-corrected chi connectivity index (χ3v) is 8.02. The number of aryl methyl sites for hydroxylation is 1. The zero-order valence-corrected chi connectivity index (χ0v) is 25.5. The predicted octanol–water partition coefficient (Wildman–Crippen LogP) is 5.66. The lowest BCUT2D eigenvalue weighted by Crippen LogP contribution is -2.51. The van der Waals surface area contributed by atoms with Crippen molar-refractivity contribution in [2.75, 3.05) is 26.8 Å². The van der Waals surface area contributed by atoms with Gasteiger partial charge in [0.2, 0.25) is 6.23 Å². The second kappa shape index (κ2) is 14.1. The molecule has 1 amide bonds. The Morgan fingerprint density at radius 3 is 2.44 bits per heavy atom. The van der Waals surface area contributed by atoms with Gasteiger partial charge in [0.05, 0.1) is 23.8 Å². The highest BCUT2D eigenvalue weighted by molar-refractivity contribution is 9.10. The van der Waals surface area contributed by atoms with Crippen molar-refractivity contribution in [1.29, 1.82) is 0 Å². The topological polar surface area (TPSA) is 100 Å². The number of benzene rings is 3. The molecule has 1 saturated carbocycles. The summed E-state index contributed by atoms with van der Waals surface area (Å²) in [5.41, 5.74) is 9.19. The summed E-state index contributed by atoms with van der Waals surface area (Å²) >= 11 is 3.38. The monoisotopic (exact) mass is 652 g/mol. The fourth-order valence-electron chi connectivity index (χ4n) is 4.91. The number of ether oxygens (including phenoxy) is 4.